The van der Waals surface area contributed by atoms with Gasteiger partial charge in [0.05, 0.1) is 7.11 Å². The molecule has 1 aromatic heterocycles. The normalized spacial score (nSPS) is 15.3. The Hall–Kier alpha value is -4.48. The van der Waals surface area contributed by atoms with Gasteiger partial charge >= 0.3 is 12.3 Å². The van der Waals surface area contributed by atoms with Crippen LogP contribution in [0.3, 0.4) is 0 Å². The van der Waals surface area contributed by atoms with Crippen LogP contribution in [0.4, 0.5) is 23.6 Å². The number of carboxylic acid groups (broad SMARTS) is 1. The summed E-state index contributed by atoms with van der Waals surface area (Å²) in [6.07, 6.45) is -4.78. The molecule has 5 rings (SSSR count). The molecule has 0 unspecified atom stereocenters. The molecule has 12 heteroatoms. The number of rotatable bonds is 7. The summed E-state index contributed by atoms with van der Waals surface area (Å²) >= 11 is 0. The predicted octanol–water partition coefficient (Wildman–Crippen LogP) is 5.47. The molecule has 4 aromatic rings. The Balaban J connectivity index is 1.42. The topological polar surface area (TPSA) is 94.3 Å². The monoisotopic (exact) mass is 532 g/mol. The first kappa shape index (κ1) is 25.2. The minimum Gasteiger partial charge on any atom is -0.493 e. The second-order valence-electron chi connectivity index (χ2n) is 8.51. The fraction of sp³-hybridized carbons (Fsp3) is 0.231. The van der Waals surface area contributed by atoms with Crippen LogP contribution in [0.5, 0.6) is 17.2 Å². The van der Waals surface area contributed by atoms with Gasteiger partial charge in [-0.3, -0.25) is 0 Å². The van der Waals surface area contributed by atoms with Crippen LogP contribution in [0.2, 0.25) is 0 Å². The number of hydrogen-bond acceptors (Lipinski definition) is 7. The first-order valence-electron chi connectivity index (χ1n) is 11.3. The molecule has 0 aliphatic carbocycles. The molecule has 1 aliphatic rings. The van der Waals surface area contributed by atoms with E-state index >= 15 is 0 Å². The highest BCUT2D eigenvalue weighted by molar-refractivity contribution is 5.81. The highest BCUT2D eigenvalue weighted by Gasteiger charge is 2.37. The maximum atomic E-state index is 13.6. The molecule has 1 atom stereocenters. The Bertz CT molecular complexity index is 1490. The SMILES string of the molecule is COc1ccc2c(c1OCc1ccc(OC(F)(F)F)cc1)C[C@@H](C(=O)O)N(c1nc3ccc(F)cc3o1)C2. The van der Waals surface area contributed by atoms with Crippen molar-refractivity contribution in [3.8, 4) is 17.2 Å². The molecular weight excluding hydrogens is 512 g/mol. The molecular formula is C26H20F4N2O6. The Morgan fingerprint density at radius 2 is 1.92 bits per heavy atom. The van der Waals surface area contributed by atoms with Gasteiger partial charge in [0.15, 0.2) is 17.1 Å². The number of nitrogens with zero attached hydrogens (tertiary/aromatic N) is 2. The standard InChI is InChI=1S/C26H20F4N2O6/c1-35-21-9-4-15-12-32(25-31-19-8-5-16(27)10-22(19)37-25)20(24(33)34)11-18(15)23(21)36-13-14-2-6-17(7-3-14)38-26(28,29)30/h2-10,20H,11-13H2,1H3,(H,33,34)/t20-/m0/s1. The Morgan fingerprint density at radius 3 is 2.61 bits per heavy atom. The molecule has 0 radical (unpaired) electrons. The van der Waals surface area contributed by atoms with Crippen LogP contribution in [-0.2, 0) is 24.4 Å². The van der Waals surface area contributed by atoms with Gasteiger partial charge in [-0.1, -0.05) is 18.2 Å². The number of aliphatic carboxylic acids is 1. The lowest BCUT2D eigenvalue weighted by Crippen LogP contribution is -2.46. The van der Waals surface area contributed by atoms with E-state index in [0.717, 1.165) is 5.56 Å². The first-order valence-corrected chi connectivity index (χ1v) is 11.3. The minimum absolute atomic E-state index is 0.0165. The van der Waals surface area contributed by atoms with Crippen molar-refractivity contribution in [2.24, 2.45) is 0 Å². The molecule has 198 valence electrons. The van der Waals surface area contributed by atoms with E-state index in [1.807, 2.05) is 0 Å². The van der Waals surface area contributed by atoms with Gasteiger partial charge in [-0.05, 0) is 41.5 Å². The van der Waals surface area contributed by atoms with Crippen LogP contribution in [0.25, 0.3) is 11.1 Å². The van der Waals surface area contributed by atoms with Crippen molar-refractivity contribution in [3.05, 3.63) is 77.1 Å². The molecule has 1 N–H and O–H groups in total. The molecule has 0 saturated heterocycles. The largest absolute Gasteiger partial charge is 0.573 e. The summed E-state index contributed by atoms with van der Waals surface area (Å²) in [6, 6.07) is 11.5. The van der Waals surface area contributed by atoms with E-state index < -0.39 is 24.2 Å². The number of methoxy groups -OCH3 is 1. The van der Waals surface area contributed by atoms with Crippen LogP contribution in [0.1, 0.15) is 16.7 Å². The third kappa shape index (κ3) is 5.15. The molecule has 0 spiro atoms. The molecule has 0 amide bonds. The molecule has 0 fully saturated rings. The molecule has 8 nitrogen and oxygen atoms in total. The summed E-state index contributed by atoms with van der Waals surface area (Å²) in [5.41, 5.74) is 2.49. The lowest BCUT2D eigenvalue weighted by atomic mass is 9.93. The van der Waals surface area contributed by atoms with Crippen LogP contribution >= 0.6 is 0 Å². The molecule has 3 aromatic carbocycles. The number of fused-ring (bicyclic) bond motifs is 2. The molecule has 1 aliphatic heterocycles. The highest BCUT2D eigenvalue weighted by atomic mass is 19.4. The number of anilines is 1. The van der Waals surface area contributed by atoms with Crippen molar-refractivity contribution in [3.63, 3.8) is 0 Å². The van der Waals surface area contributed by atoms with Gasteiger partial charge < -0.3 is 28.6 Å². The Kier molecular flexibility index (Phi) is 6.47. The predicted molar refractivity (Wildman–Crippen MR) is 126 cm³/mol. The fourth-order valence-corrected chi connectivity index (χ4v) is 4.31. The van der Waals surface area contributed by atoms with Gasteiger partial charge in [0.1, 0.15) is 29.7 Å². The van der Waals surface area contributed by atoms with E-state index in [1.165, 1.54) is 54.5 Å². The average molecular weight is 532 g/mol. The minimum atomic E-state index is -4.79. The zero-order valence-electron chi connectivity index (χ0n) is 19.8. The van der Waals surface area contributed by atoms with E-state index in [0.29, 0.717) is 28.1 Å². The van der Waals surface area contributed by atoms with Crippen molar-refractivity contribution in [2.75, 3.05) is 12.0 Å². The maximum absolute atomic E-state index is 13.6. The molecule has 38 heavy (non-hydrogen) atoms. The van der Waals surface area contributed by atoms with Crippen LogP contribution in [0, 0.1) is 5.82 Å². The van der Waals surface area contributed by atoms with E-state index in [2.05, 4.69) is 9.72 Å². The van der Waals surface area contributed by atoms with Crippen LogP contribution < -0.4 is 19.1 Å². The number of carboxylic acids is 1. The van der Waals surface area contributed by atoms with Gasteiger partial charge in [0.25, 0.3) is 6.01 Å². The van der Waals surface area contributed by atoms with Gasteiger partial charge in [-0.25, -0.2) is 9.18 Å². The number of halogens is 4. The maximum Gasteiger partial charge on any atom is 0.573 e. The second kappa shape index (κ2) is 9.77. The van der Waals surface area contributed by atoms with Crippen molar-refractivity contribution in [2.45, 2.75) is 32.0 Å². The third-order valence-corrected chi connectivity index (χ3v) is 6.07. The number of carbonyl (C=O) groups is 1. The number of aromatic nitrogens is 1. The molecule has 2 heterocycles. The smallest absolute Gasteiger partial charge is 0.493 e. The first-order chi connectivity index (χ1) is 18.1. The summed E-state index contributed by atoms with van der Waals surface area (Å²) in [5.74, 6) is -1.29. The summed E-state index contributed by atoms with van der Waals surface area (Å²) < 4.78 is 71.9. The average Bonchev–Trinajstić information content (AvgIpc) is 3.29. The highest BCUT2D eigenvalue weighted by Crippen LogP contribution is 2.40. The summed E-state index contributed by atoms with van der Waals surface area (Å²) in [6.45, 7) is 0.0999. The number of hydrogen-bond donors (Lipinski definition) is 1. The number of ether oxygens (including phenoxy) is 3. The quantitative estimate of drug-likeness (QED) is 0.313. The van der Waals surface area contributed by atoms with Crippen LogP contribution in [0.15, 0.2) is 59.0 Å². The summed E-state index contributed by atoms with van der Waals surface area (Å²) in [4.78, 5) is 18.1. The third-order valence-electron chi connectivity index (χ3n) is 6.07. The van der Waals surface area contributed by atoms with Crippen molar-refractivity contribution < 1.29 is 46.1 Å². The summed E-state index contributed by atoms with van der Waals surface area (Å²) in [5, 5.41) is 10.0. The van der Waals surface area contributed by atoms with Gasteiger partial charge in [0.2, 0.25) is 0 Å². The number of alkyl halides is 3. The number of oxazole rings is 1. The van der Waals surface area contributed by atoms with E-state index in [9.17, 15) is 27.5 Å². The van der Waals surface area contributed by atoms with Crippen molar-refractivity contribution in [1.82, 2.24) is 4.98 Å². The molecule has 0 saturated carbocycles. The second-order valence-corrected chi connectivity index (χ2v) is 8.51. The number of benzene rings is 3. The molecule has 0 bridgehead atoms. The summed E-state index contributed by atoms with van der Waals surface area (Å²) in [7, 11) is 1.44. The fourth-order valence-electron chi connectivity index (χ4n) is 4.31. The van der Waals surface area contributed by atoms with E-state index in [-0.39, 0.29) is 36.9 Å². The van der Waals surface area contributed by atoms with E-state index in [1.54, 1.807) is 12.1 Å². The lowest BCUT2D eigenvalue weighted by Gasteiger charge is -2.34. The van der Waals surface area contributed by atoms with Crippen molar-refractivity contribution >= 4 is 23.1 Å². The van der Waals surface area contributed by atoms with Crippen molar-refractivity contribution in [1.29, 1.82) is 0 Å². The van der Waals surface area contributed by atoms with Gasteiger partial charge in [-0.2, -0.15) is 4.98 Å². The van der Waals surface area contributed by atoms with Gasteiger partial charge in [0, 0.05) is 24.6 Å². The van der Waals surface area contributed by atoms with Crippen LogP contribution in [-0.4, -0.2) is 35.6 Å². The zero-order valence-corrected chi connectivity index (χ0v) is 19.8. The lowest BCUT2D eigenvalue weighted by molar-refractivity contribution is -0.274. The Labute approximate surface area is 213 Å². The zero-order chi connectivity index (χ0) is 27.0. The Morgan fingerprint density at radius 1 is 1.16 bits per heavy atom. The van der Waals surface area contributed by atoms with E-state index in [4.69, 9.17) is 13.9 Å². The van der Waals surface area contributed by atoms with Gasteiger partial charge in [-0.15, -0.1) is 13.2 Å².